The molecule has 1 saturated heterocycles. The van der Waals surface area contributed by atoms with Crippen LogP contribution in [0.2, 0.25) is 5.02 Å². The number of rotatable bonds is 2. The minimum absolute atomic E-state index is 0.259. The first-order valence-electron chi connectivity index (χ1n) is 5.00. The van der Waals surface area contributed by atoms with Gasteiger partial charge in [-0.15, -0.1) is 0 Å². The molecule has 80 valence electrons. The predicted molar refractivity (Wildman–Crippen MR) is 67.3 cm³/mol. The summed E-state index contributed by atoms with van der Waals surface area (Å²) in [5, 5.41) is 0.760. The summed E-state index contributed by atoms with van der Waals surface area (Å²) in [4.78, 5) is 0. The number of benzene rings is 1. The van der Waals surface area contributed by atoms with Crippen molar-refractivity contribution in [3.05, 3.63) is 40.9 Å². The summed E-state index contributed by atoms with van der Waals surface area (Å²) in [7, 11) is 0. The number of hydrogen-bond donors (Lipinski definition) is 0. The first-order chi connectivity index (χ1) is 7.25. The van der Waals surface area contributed by atoms with Crippen LogP contribution in [-0.4, -0.2) is 12.7 Å². The molecule has 3 heteroatoms. The third kappa shape index (κ3) is 3.07. The Labute approximate surface area is 103 Å². The van der Waals surface area contributed by atoms with Crippen molar-refractivity contribution < 1.29 is 4.74 Å². The van der Waals surface area contributed by atoms with E-state index >= 15 is 0 Å². The van der Waals surface area contributed by atoms with Gasteiger partial charge in [-0.2, -0.15) is 0 Å². The molecule has 1 fully saturated rings. The monoisotopic (exact) mass is 286 g/mol. The van der Waals surface area contributed by atoms with Crippen LogP contribution in [0.25, 0.3) is 4.48 Å². The largest absolute Gasteiger partial charge is 0.374 e. The summed E-state index contributed by atoms with van der Waals surface area (Å²) in [6, 6.07) is 7.78. The van der Waals surface area contributed by atoms with Crippen LogP contribution in [0, 0.1) is 0 Å². The van der Waals surface area contributed by atoms with Crippen molar-refractivity contribution in [3.8, 4) is 0 Å². The molecule has 0 saturated carbocycles. The summed E-state index contributed by atoms with van der Waals surface area (Å²) in [5.41, 5.74) is 1.13. The van der Waals surface area contributed by atoms with Crippen molar-refractivity contribution in [1.29, 1.82) is 0 Å². The molecular weight excluding hydrogens is 275 g/mol. The molecule has 0 bridgehead atoms. The summed E-state index contributed by atoms with van der Waals surface area (Å²) >= 11 is 9.39. The molecule has 1 aromatic rings. The molecule has 0 aliphatic carbocycles. The van der Waals surface area contributed by atoms with Gasteiger partial charge in [-0.1, -0.05) is 39.7 Å². The molecule has 1 aromatic carbocycles. The lowest BCUT2D eigenvalue weighted by molar-refractivity contribution is 0.146. The fraction of sp³-hybridized carbons (Fsp3) is 0.333. The van der Waals surface area contributed by atoms with E-state index in [0.717, 1.165) is 34.5 Å². The minimum Gasteiger partial charge on any atom is -0.374 e. The van der Waals surface area contributed by atoms with E-state index in [1.54, 1.807) is 0 Å². The van der Waals surface area contributed by atoms with Gasteiger partial charge in [0, 0.05) is 16.1 Å². The molecule has 1 nitrogen and oxygen atoms in total. The Hall–Kier alpha value is -0.310. The van der Waals surface area contributed by atoms with Gasteiger partial charge in [-0.3, -0.25) is 0 Å². The second kappa shape index (κ2) is 5.15. The zero-order valence-corrected chi connectivity index (χ0v) is 10.6. The standard InChI is InChI=1S/C12H12BrClO/c13-12(8-11-2-1-7-15-11)9-3-5-10(14)6-4-9/h3-6,8,11H,1-2,7H2/b12-8-. The zero-order chi connectivity index (χ0) is 10.7. The second-order valence-electron chi connectivity index (χ2n) is 3.57. The fourth-order valence-electron chi connectivity index (χ4n) is 1.60. The lowest BCUT2D eigenvalue weighted by Crippen LogP contribution is -1.99. The van der Waals surface area contributed by atoms with Crippen molar-refractivity contribution in [2.45, 2.75) is 18.9 Å². The van der Waals surface area contributed by atoms with Crippen molar-refractivity contribution in [2.75, 3.05) is 6.61 Å². The van der Waals surface area contributed by atoms with Crippen LogP contribution in [0.1, 0.15) is 18.4 Å². The average molecular weight is 288 g/mol. The Morgan fingerprint density at radius 3 is 2.73 bits per heavy atom. The molecule has 0 N–H and O–H groups in total. The Balaban J connectivity index is 2.12. The maximum atomic E-state index is 5.83. The molecule has 1 aliphatic rings. The van der Waals surface area contributed by atoms with Crippen molar-refractivity contribution >= 4 is 32.0 Å². The maximum Gasteiger partial charge on any atom is 0.0770 e. The minimum atomic E-state index is 0.259. The van der Waals surface area contributed by atoms with Crippen LogP contribution < -0.4 is 0 Å². The van der Waals surface area contributed by atoms with Gasteiger partial charge in [0.2, 0.25) is 0 Å². The van der Waals surface area contributed by atoms with E-state index in [1.807, 2.05) is 24.3 Å². The molecule has 1 heterocycles. The molecule has 15 heavy (non-hydrogen) atoms. The molecule has 0 radical (unpaired) electrons. The number of halogens is 2. The van der Waals surface area contributed by atoms with Crippen LogP contribution in [0.3, 0.4) is 0 Å². The molecule has 0 aromatic heterocycles. The summed E-state index contributed by atoms with van der Waals surface area (Å²) < 4.78 is 6.61. The molecule has 0 amide bonds. The van der Waals surface area contributed by atoms with Gasteiger partial charge in [0.15, 0.2) is 0 Å². The van der Waals surface area contributed by atoms with Gasteiger partial charge in [-0.25, -0.2) is 0 Å². The zero-order valence-electron chi connectivity index (χ0n) is 8.25. The van der Waals surface area contributed by atoms with E-state index in [2.05, 4.69) is 22.0 Å². The van der Waals surface area contributed by atoms with Crippen LogP contribution in [0.4, 0.5) is 0 Å². The highest BCUT2D eigenvalue weighted by molar-refractivity contribution is 9.15. The van der Waals surface area contributed by atoms with Gasteiger partial charge >= 0.3 is 0 Å². The van der Waals surface area contributed by atoms with E-state index in [0.29, 0.717) is 0 Å². The first kappa shape index (κ1) is 11.2. The molecule has 1 atom stereocenters. The normalized spacial score (nSPS) is 22.0. The third-order valence-electron chi connectivity index (χ3n) is 2.42. The van der Waals surface area contributed by atoms with Crippen LogP contribution in [-0.2, 0) is 4.74 Å². The number of ether oxygens (including phenoxy) is 1. The van der Waals surface area contributed by atoms with Crippen LogP contribution in [0.15, 0.2) is 30.3 Å². The van der Waals surface area contributed by atoms with E-state index in [1.165, 1.54) is 0 Å². The Morgan fingerprint density at radius 2 is 2.13 bits per heavy atom. The van der Waals surface area contributed by atoms with Crippen molar-refractivity contribution in [3.63, 3.8) is 0 Å². The van der Waals surface area contributed by atoms with Gasteiger partial charge in [-0.05, 0) is 36.6 Å². The van der Waals surface area contributed by atoms with Crippen LogP contribution in [0.5, 0.6) is 0 Å². The highest BCUT2D eigenvalue weighted by Gasteiger charge is 2.13. The summed E-state index contributed by atoms with van der Waals surface area (Å²) in [5.74, 6) is 0. The molecular formula is C12H12BrClO. The fourth-order valence-corrected chi connectivity index (χ4v) is 2.29. The smallest absolute Gasteiger partial charge is 0.0770 e. The van der Waals surface area contributed by atoms with E-state index in [9.17, 15) is 0 Å². The quantitative estimate of drug-likeness (QED) is 0.790. The van der Waals surface area contributed by atoms with Gasteiger partial charge in [0.1, 0.15) is 0 Å². The second-order valence-corrected chi connectivity index (χ2v) is 4.86. The van der Waals surface area contributed by atoms with Crippen molar-refractivity contribution in [2.24, 2.45) is 0 Å². The Kier molecular flexibility index (Phi) is 3.84. The predicted octanol–water partition coefficient (Wildman–Crippen LogP) is 4.25. The molecule has 1 aliphatic heterocycles. The van der Waals surface area contributed by atoms with Crippen molar-refractivity contribution in [1.82, 2.24) is 0 Å². The summed E-state index contributed by atoms with van der Waals surface area (Å²) in [6.45, 7) is 0.877. The number of hydrogen-bond acceptors (Lipinski definition) is 1. The van der Waals surface area contributed by atoms with Gasteiger partial charge < -0.3 is 4.74 Å². The van der Waals surface area contributed by atoms with Gasteiger partial charge in [0.05, 0.1) is 6.10 Å². The average Bonchev–Trinajstić information content (AvgIpc) is 2.71. The highest BCUT2D eigenvalue weighted by Crippen LogP contribution is 2.26. The van der Waals surface area contributed by atoms with Gasteiger partial charge in [0.25, 0.3) is 0 Å². The topological polar surface area (TPSA) is 9.23 Å². The molecule has 1 unspecified atom stereocenters. The van der Waals surface area contributed by atoms with E-state index in [4.69, 9.17) is 16.3 Å². The van der Waals surface area contributed by atoms with E-state index < -0.39 is 0 Å². The Bertz CT molecular complexity index is 352. The lowest BCUT2D eigenvalue weighted by atomic mass is 10.1. The summed E-state index contributed by atoms with van der Waals surface area (Å²) in [6.07, 6.45) is 4.65. The molecule has 0 spiro atoms. The SMILES string of the molecule is Clc1ccc(/C(Br)=C/C2CCCO2)cc1. The van der Waals surface area contributed by atoms with Crippen LogP contribution >= 0.6 is 27.5 Å². The maximum absolute atomic E-state index is 5.83. The third-order valence-corrected chi connectivity index (χ3v) is 3.39. The Morgan fingerprint density at radius 1 is 1.40 bits per heavy atom. The van der Waals surface area contributed by atoms with E-state index in [-0.39, 0.29) is 6.10 Å². The highest BCUT2D eigenvalue weighted by atomic mass is 79.9. The first-order valence-corrected chi connectivity index (χ1v) is 6.17. The lowest BCUT2D eigenvalue weighted by Gasteiger charge is -2.05. The molecule has 2 rings (SSSR count).